The van der Waals surface area contributed by atoms with Crippen molar-refractivity contribution in [1.29, 1.82) is 5.41 Å². The van der Waals surface area contributed by atoms with E-state index in [0.717, 1.165) is 31.4 Å². The fourth-order valence-electron chi connectivity index (χ4n) is 16.8. The number of amides is 17. The predicted molar refractivity (Wildman–Crippen MR) is 494 cm³/mol. The van der Waals surface area contributed by atoms with E-state index >= 15 is 38.4 Å². The maximum Gasteiger partial charge on any atom is 0.246 e. The molecule has 0 unspecified atom stereocenters. The second-order valence-corrected chi connectivity index (χ2v) is 35.7. The van der Waals surface area contributed by atoms with Crippen LogP contribution < -0.4 is 81.4 Å². The van der Waals surface area contributed by atoms with E-state index in [-0.39, 0.29) is 89.0 Å². The molecule has 25 N–H and O–H groups in total. The van der Waals surface area contributed by atoms with Crippen LogP contribution in [0.5, 0.6) is 5.75 Å². The number of allylic oxidation sites excluding steroid dienone is 2. The van der Waals surface area contributed by atoms with E-state index in [1.54, 1.807) is 74.8 Å². The summed E-state index contributed by atoms with van der Waals surface area (Å²) in [6.07, 6.45) is 6.55. The Morgan fingerprint density at radius 1 is 0.530 bits per heavy atom. The van der Waals surface area contributed by atoms with Crippen LogP contribution in [0.1, 0.15) is 134 Å². The van der Waals surface area contributed by atoms with Crippen LogP contribution >= 0.6 is 11.8 Å². The highest BCUT2D eigenvalue weighted by molar-refractivity contribution is 8.00. The van der Waals surface area contributed by atoms with Gasteiger partial charge in [-0.2, -0.15) is 0 Å². The molecule has 5 aromatic rings. The zero-order valence-corrected chi connectivity index (χ0v) is 76.9. The van der Waals surface area contributed by atoms with Crippen LogP contribution in [0.4, 0.5) is 0 Å². The third-order valence-electron chi connectivity index (χ3n) is 24.3. The lowest BCUT2D eigenvalue weighted by Gasteiger charge is -2.36. The van der Waals surface area contributed by atoms with E-state index in [1.165, 1.54) is 57.2 Å². The summed E-state index contributed by atoms with van der Waals surface area (Å²) in [7, 11) is 3.93. The number of para-hydroxylation sites is 2. The molecular formula is C90H127N23O20S. The van der Waals surface area contributed by atoms with Crippen LogP contribution in [0.25, 0.3) is 21.8 Å². The number of phenols is 1. The van der Waals surface area contributed by atoms with Crippen molar-refractivity contribution in [3.63, 3.8) is 0 Å². The summed E-state index contributed by atoms with van der Waals surface area (Å²) < 4.78 is 0. The van der Waals surface area contributed by atoms with Gasteiger partial charge in [0.2, 0.25) is 100 Å². The minimum absolute atomic E-state index is 0.00813. The van der Waals surface area contributed by atoms with Gasteiger partial charge in [0.15, 0.2) is 5.96 Å². The third-order valence-corrected chi connectivity index (χ3v) is 25.3. The molecule has 3 aromatic carbocycles. The number of rotatable bonds is 19. The minimum atomic E-state index is -1.89. The van der Waals surface area contributed by atoms with E-state index in [9.17, 15) is 58.5 Å². The van der Waals surface area contributed by atoms with Crippen LogP contribution in [0.3, 0.4) is 0 Å². The number of aromatic amines is 2. The van der Waals surface area contributed by atoms with Crippen molar-refractivity contribution in [3.8, 4) is 5.75 Å². The van der Waals surface area contributed by atoms with Gasteiger partial charge in [-0.3, -0.25) is 86.9 Å². The van der Waals surface area contributed by atoms with Gasteiger partial charge in [0.1, 0.15) is 90.3 Å². The van der Waals surface area contributed by atoms with Gasteiger partial charge in [-0.05, 0) is 124 Å². The van der Waals surface area contributed by atoms with Crippen LogP contribution in [-0.2, 0) is 101 Å². The van der Waals surface area contributed by atoms with Gasteiger partial charge in [0, 0.05) is 113 Å². The Kier molecular flexibility index (Phi) is 39.0. The number of nitrogens with two attached hydrogens (primary N) is 4. The van der Waals surface area contributed by atoms with Crippen molar-refractivity contribution in [1.82, 2.24) is 93.0 Å². The molecule has 3 saturated heterocycles. The second-order valence-electron chi connectivity index (χ2n) is 34.7. The zero-order valence-electron chi connectivity index (χ0n) is 76.1. The molecular weight excluding hydrogens is 1760 g/mol. The number of likely N-dealkylation sites (N-methyl/N-ethyl adjacent to an activating group) is 3. The van der Waals surface area contributed by atoms with E-state index in [1.807, 2.05) is 12.2 Å². The molecule has 3 fully saturated rings. The maximum absolute atomic E-state index is 15.8. The number of aliphatic hydroxyl groups is 2. The fourth-order valence-corrected chi connectivity index (χ4v) is 17.7. The Balaban J connectivity index is 1.10. The quantitative estimate of drug-likeness (QED) is 0.0164. The van der Waals surface area contributed by atoms with Gasteiger partial charge >= 0.3 is 0 Å². The minimum Gasteiger partial charge on any atom is -0.508 e. The summed E-state index contributed by atoms with van der Waals surface area (Å²) in [5.41, 5.74) is 25.6. The van der Waals surface area contributed by atoms with E-state index in [0.29, 0.717) is 77.0 Å². The molecule has 9 rings (SSSR count). The first-order chi connectivity index (χ1) is 63.9. The van der Waals surface area contributed by atoms with E-state index in [2.05, 4.69) is 68.5 Å². The largest absolute Gasteiger partial charge is 0.508 e. The summed E-state index contributed by atoms with van der Waals surface area (Å²) >= 11 is 0.762. The van der Waals surface area contributed by atoms with Crippen LogP contribution in [0, 0.1) is 11.3 Å². The maximum atomic E-state index is 15.8. The lowest BCUT2D eigenvalue weighted by molar-refractivity contribution is -0.149. The lowest BCUT2D eigenvalue weighted by atomic mass is 9.99. The Morgan fingerprint density at radius 2 is 1.04 bits per heavy atom. The molecule has 728 valence electrons. The van der Waals surface area contributed by atoms with Crippen molar-refractivity contribution in [2.24, 2.45) is 28.9 Å². The molecule has 4 aliphatic heterocycles. The number of guanidine groups is 1. The molecule has 2 bridgehead atoms. The highest BCUT2D eigenvalue weighted by Gasteiger charge is 2.47. The normalized spacial score (nSPS) is 26.0. The van der Waals surface area contributed by atoms with Crippen molar-refractivity contribution in [2.45, 2.75) is 227 Å². The number of nitrogens with zero attached hydrogens (tertiary/aromatic N) is 5. The number of H-pyrrole nitrogens is 2. The lowest BCUT2D eigenvalue weighted by Crippen LogP contribution is -2.62. The Hall–Kier alpha value is -13.2. The molecule has 134 heavy (non-hydrogen) atoms. The summed E-state index contributed by atoms with van der Waals surface area (Å²) in [6, 6.07) is -2.29. The summed E-state index contributed by atoms with van der Waals surface area (Å²) in [5.74, 6) is -18.1. The number of primary amides is 2. The Morgan fingerprint density at radius 3 is 1.66 bits per heavy atom. The number of aliphatic hydroxyl groups excluding tert-OH is 2. The van der Waals surface area contributed by atoms with Crippen LogP contribution in [0.15, 0.2) is 97.3 Å². The highest BCUT2D eigenvalue weighted by Crippen LogP contribution is 2.28. The summed E-state index contributed by atoms with van der Waals surface area (Å²) in [5, 5.41) is 70.8. The van der Waals surface area contributed by atoms with Gasteiger partial charge in [-0.25, -0.2) is 0 Å². The number of carbonyl (C=O) groups excluding carboxylic acids is 17. The molecule has 44 heteroatoms. The highest BCUT2D eigenvalue weighted by atomic mass is 32.2. The first-order valence-corrected chi connectivity index (χ1v) is 46.2. The first kappa shape index (κ1) is 104. The average Bonchev–Trinajstić information content (AvgIpc) is 1.54. The topological polar surface area (TPSA) is 659 Å². The number of hydrogen-bond donors (Lipinski definition) is 21. The number of phenolic OH excluding ortho intramolecular Hbond substituents is 1. The molecule has 43 nitrogen and oxygen atoms in total. The molecule has 15 atom stereocenters. The summed E-state index contributed by atoms with van der Waals surface area (Å²) in [6.45, 7) is 1.72. The fraction of sp³-hybridized carbons (Fsp3) is 0.533. The number of nitrogens with one attached hydrogen (secondary N) is 14. The van der Waals surface area contributed by atoms with Crippen molar-refractivity contribution in [2.75, 3.05) is 72.0 Å². The smallest absolute Gasteiger partial charge is 0.246 e. The molecule has 6 heterocycles. The van der Waals surface area contributed by atoms with Crippen molar-refractivity contribution in [3.05, 3.63) is 114 Å². The Bertz CT molecular complexity index is 5090. The first-order valence-electron chi connectivity index (χ1n) is 45.0. The standard InChI is InChI=1S/C90H127N23O20S/c1-49(2)35-62-88(132)113-45-55(116)39-72(113)84(128)102-61(37-52-42-97-58-23-17-15-21-56(52)58)79(123)107-67(46-114)81(125)105-64(38-53-43-98-59-24-18-16-22-57(53)59)86(130)111(6)71-27-14-12-10-8-7-9-11-13-26-69(110(5)89(71)133)82(126)101-60(25-19-33-96-90(94)95)78(122)108-68(77(121)99-44-74(93)118)47-134-48-75(119)100-63(36-51-29-31-54(115)32-30-51)85(129)109(4)50(3)76(120)103-65(40-73(92)117)87(131)112-34-20-28-70(112)83(127)106-66(41-91)80(124)104-62/h7-8,15-18,21-24,29-32,42-43,49-50,55,60-72,97-98,114-116H,9-14,19-20,25-28,33-41,44-48,91H2,1-6H3,(H2,92,117)(H2,93,118)(H,99,121)(H,100,119)(H,101,126)(H,102,128)(H,103,120)(H,104,124)(H,105,125)(H,106,127)(H,107,123)(H,108,122)(H4,94,95,96)/b8-7-/t50-,55+,60+,61+,62-,63-,64-,65-,66-,67-,68+,69-,70-,71-,72-/m0/s1. The number of benzene rings is 3. The van der Waals surface area contributed by atoms with Gasteiger partial charge in [-0.1, -0.05) is 87.4 Å². The number of thioether (sulfide) groups is 1. The molecule has 4 aliphatic rings. The molecule has 0 aliphatic carbocycles. The number of aromatic hydroxyl groups is 1. The predicted octanol–water partition coefficient (Wildman–Crippen LogP) is -3.63. The third kappa shape index (κ3) is 29.1. The zero-order chi connectivity index (χ0) is 97.7. The molecule has 0 spiro atoms. The number of aromatic nitrogens is 2. The van der Waals surface area contributed by atoms with Gasteiger partial charge in [-0.15, -0.1) is 11.8 Å². The van der Waals surface area contributed by atoms with Crippen LogP contribution in [-0.4, -0.2) is 319 Å². The van der Waals surface area contributed by atoms with Gasteiger partial charge < -0.3 is 131 Å². The molecule has 17 amide bonds. The summed E-state index contributed by atoms with van der Waals surface area (Å²) in [4.78, 5) is 261. The Labute approximate surface area is 779 Å². The van der Waals surface area contributed by atoms with Crippen LogP contribution in [0.2, 0.25) is 0 Å². The molecule has 2 aromatic heterocycles. The average molecular weight is 1880 g/mol. The van der Waals surface area contributed by atoms with Gasteiger partial charge in [0.25, 0.3) is 0 Å². The second kappa shape index (κ2) is 50.0. The monoisotopic (exact) mass is 1880 g/mol. The van der Waals surface area contributed by atoms with Crippen molar-refractivity contribution >= 4 is 140 Å². The van der Waals surface area contributed by atoms with E-state index in [4.69, 9.17) is 28.3 Å². The van der Waals surface area contributed by atoms with E-state index < -0.39 is 248 Å². The number of carbonyl (C=O) groups is 17. The van der Waals surface area contributed by atoms with Gasteiger partial charge in [0.05, 0.1) is 31.4 Å². The molecule has 0 saturated carbocycles. The van der Waals surface area contributed by atoms with Crippen molar-refractivity contribution < 1.29 is 96.8 Å². The molecule has 0 radical (unpaired) electrons. The SMILES string of the molecule is CC(C)C[C@@H]1NC(=O)[C@H](CN)NC(=O)[C@@H]2CCCN2C(=O)[C@H](CC(N)=O)NC(=O)[C@H](C)N(C)C(=O)[C@H](Cc2ccc(O)cc2)NC(=O)CSC[C@H](C(=O)NCC(N)=O)NC(=O)[C@@H](CCCNC(=N)N)NC(=O)[C@@H]2CCCC/C=C\CCCC[C@@H](C(=O)N2C)N(C)C(=O)[C@H](Cc2c[nH]c3ccccc23)NC(=O)[C@H](CO)NC(=O)[C@@H](Cc2c[nH]c3ccccc23)NC(=O)[C@@H]2C[C@@H](O)CN2C1=O. The number of hydrogen-bond acceptors (Lipinski definition) is 23. The number of fused-ring (bicyclic) bond motifs is 7.